The Hall–Kier alpha value is -0.370. The molecule has 0 heterocycles. The van der Waals surface area contributed by atoms with Crippen molar-refractivity contribution >= 4 is 5.78 Å². The maximum atomic E-state index is 9.44. The zero-order valence-corrected chi connectivity index (χ0v) is 8.02. The summed E-state index contributed by atoms with van der Waals surface area (Å²) in [6.07, 6.45) is 5.16. The molecule has 0 saturated carbocycles. The Bertz CT molecular complexity index is 73.6. The van der Waals surface area contributed by atoms with E-state index in [0.29, 0.717) is 0 Å². The molecule has 0 fully saturated rings. The first-order valence-electron chi connectivity index (χ1n) is 4.32. The van der Waals surface area contributed by atoms with Crippen molar-refractivity contribution in [3.63, 3.8) is 0 Å². The number of unbranched alkanes of at least 4 members (excludes halogenated alkanes) is 3. The van der Waals surface area contributed by atoms with Crippen LogP contribution in [0.25, 0.3) is 0 Å². The second-order valence-electron chi connectivity index (χ2n) is 2.76. The topological polar surface area (TPSA) is 43.1 Å². The molecule has 0 bridgehead atoms. The summed E-state index contributed by atoms with van der Waals surface area (Å²) in [6, 6.07) is 0. The van der Waals surface area contributed by atoms with Gasteiger partial charge in [-0.05, 0) is 26.8 Å². The van der Waals surface area contributed by atoms with E-state index >= 15 is 0 Å². The van der Waals surface area contributed by atoms with Crippen LogP contribution in [0.2, 0.25) is 0 Å². The lowest BCUT2D eigenvalue weighted by molar-refractivity contribution is -0.114. The van der Waals surface area contributed by atoms with Crippen molar-refractivity contribution in [2.24, 2.45) is 5.73 Å². The van der Waals surface area contributed by atoms with Gasteiger partial charge in [0.1, 0.15) is 5.78 Å². The van der Waals surface area contributed by atoms with Crippen LogP contribution in [0.1, 0.15) is 46.5 Å². The van der Waals surface area contributed by atoms with Crippen LogP contribution in [0.3, 0.4) is 0 Å². The molecule has 0 aromatic rings. The van der Waals surface area contributed by atoms with Gasteiger partial charge in [-0.1, -0.05) is 26.2 Å². The van der Waals surface area contributed by atoms with Gasteiger partial charge in [-0.3, -0.25) is 0 Å². The Balaban J connectivity index is 0. The minimum absolute atomic E-state index is 0.167. The Kier molecular flexibility index (Phi) is 14.8. The quantitative estimate of drug-likeness (QED) is 0.638. The summed E-state index contributed by atoms with van der Waals surface area (Å²) in [5.74, 6) is 0.167. The predicted molar refractivity (Wildman–Crippen MR) is 49.6 cm³/mol. The van der Waals surface area contributed by atoms with Gasteiger partial charge >= 0.3 is 0 Å². The molecule has 0 spiro atoms. The number of ketones is 1. The van der Waals surface area contributed by atoms with E-state index in [2.05, 4.69) is 6.92 Å². The number of carbonyl (C=O) groups excluding carboxylic acids is 1. The van der Waals surface area contributed by atoms with Crippen molar-refractivity contribution in [1.29, 1.82) is 0 Å². The summed E-state index contributed by atoms with van der Waals surface area (Å²) in [5, 5.41) is 0. The fourth-order valence-electron chi connectivity index (χ4n) is 0.571. The third-order valence-corrected chi connectivity index (χ3v) is 1.06. The molecule has 2 nitrogen and oxygen atoms in total. The number of Topliss-reactive ketones (excluding diaryl/α,β-unsaturated/α-hetero) is 1. The maximum Gasteiger partial charge on any atom is 0.126 e. The largest absolute Gasteiger partial charge is 0.330 e. The van der Waals surface area contributed by atoms with E-state index in [0.717, 1.165) is 6.54 Å². The average Bonchev–Trinajstić information content (AvgIpc) is 1.88. The second kappa shape index (κ2) is 12.3. The second-order valence-corrected chi connectivity index (χ2v) is 2.76. The van der Waals surface area contributed by atoms with Crippen molar-refractivity contribution in [1.82, 2.24) is 0 Å². The number of hydrogen-bond acceptors (Lipinski definition) is 2. The highest BCUT2D eigenvalue weighted by Crippen LogP contribution is 1.95. The highest BCUT2D eigenvalue weighted by molar-refractivity contribution is 5.72. The first kappa shape index (κ1) is 13.2. The summed E-state index contributed by atoms with van der Waals surface area (Å²) in [4.78, 5) is 9.44. The van der Waals surface area contributed by atoms with E-state index in [4.69, 9.17) is 5.73 Å². The Morgan fingerprint density at radius 2 is 1.64 bits per heavy atom. The molecular formula is C9H21NO. The van der Waals surface area contributed by atoms with Gasteiger partial charge in [0, 0.05) is 0 Å². The van der Waals surface area contributed by atoms with E-state index in [1.54, 1.807) is 0 Å². The van der Waals surface area contributed by atoms with Gasteiger partial charge in [0.15, 0.2) is 0 Å². The van der Waals surface area contributed by atoms with Crippen molar-refractivity contribution in [3.05, 3.63) is 0 Å². The molecule has 0 unspecified atom stereocenters. The molecule has 0 amide bonds. The lowest BCUT2D eigenvalue weighted by Gasteiger charge is -1.90. The standard InChI is InChI=1S/C6H15N.C3H6O/c1-2-3-4-5-6-7;1-3(2)4/h2-7H2,1H3;1-2H3. The van der Waals surface area contributed by atoms with Crippen LogP contribution >= 0.6 is 0 Å². The molecule has 11 heavy (non-hydrogen) atoms. The summed E-state index contributed by atoms with van der Waals surface area (Å²) in [5.41, 5.74) is 5.27. The Morgan fingerprint density at radius 3 is 1.91 bits per heavy atom. The van der Waals surface area contributed by atoms with Crippen LogP contribution in [0.4, 0.5) is 0 Å². The minimum atomic E-state index is 0.167. The SMILES string of the molecule is CC(C)=O.CCCCCCN. The third kappa shape index (κ3) is 42.5. The van der Waals surface area contributed by atoms with E-state index < -0.39 is 0 Å². The Morgan fingerprint density at radius 1 is 1.18 bits per heavy atom. The van der Waals surface area contributed by atoms with Crippen molar-refractivity contribution in [3.8, 4) is 0 Å². The summed E-state index contributed by atoms with van der Waals surface area (Å²) < 4.78 is 0. The van der Waals surface area contributed by atoms with E-state index in [-0.39, 0.29) is 5.78 Å². The normalized spacial score (nSPS) is 8.36. The molecular weight excluding hydrogens is 138 g/mol. The zero-order chi connectivity index (χ0) is 9.11. The fraction of sp³-hybridized carbons (Fsp3) is 0.889. The molecule has 0 aromatic heterocycles. The number of rotatable bonds is 4. The molecule has 0 radical (unpaired) electrons. The highest BCUT2D eigenvalue weighted by atomic mass is 16.1. The van der Waals surface area contributed by atoms with Crippen LogP contribution in [0.5, 0.6) is 0 Å². The first-order valence-corrected chi connectivity index (χ1v) is 4.32. The smallest absolute Gasteiger partial charge is 0.126 e. The number of carbonyl (C=O) groups is 1. The van der Waals surface area contributed by atoms with E-state index in [9.17, 15) is 4.79 Å². The van der Waals surface area contributed by atoms with Gasteiger partial charge in [-0.2, -0.15) is 0 Å². The van der Waals surface area contributed by atoms with Gasteiger partial charge < -0.3 is 10.5 Å². The first-order chi connectivity index (χ1) is 5.15. The molecule has 0 aromatic carbocycles. The Labute approximate surface area is 70.2 Å². The molecule has 0 atom stereocenters. The molecule has 0 aliphatic heterocycles. The number of hydrogen-bond donors (Lipinski definition) is 1. The molecule has 2 heteroatoms. The van der Waals surface area contributed by atoms with Crippen molar-refractivity contribution in [2.75, 3.05) is 6.54 Å². The van der Waals surface area contributed by atoms with Crippen molar-refractivity contribution < 1.29 is 4.79 Å². The van der Waals surface area contributed by atoms with Crippen LogP contribution in [-0.4, -0.2) is 12.3 Å². The molecule has 0 rings (SSSR count). The van der Waals surface area contributed by atoms with Gasteiger partial charge in [-0.25, -0.2) is 0 Å². The van der Waals surface area contributed by atoms with E-state index in [1.807, 2.05) is 0 Å². The maximum absolute atomic E-state index is 9.44. The molecule has 0 saturated heterocycles. The van der Waals surface area contributed by atoms with Gasteiger partial charge in [-0.15, -0.1) is 0 Å². The molecule has 0 aliphatic carbocycles. The molecule has 0 aliphatic rings. The van der Waals surface area contributed by atoms with Crippen molar-refractivity contribution in [2.45, 2.75) is 46.5 Å². The third-order valence-electron chi connectivity index (χ3n) is 1.06. The zero-order valence-electron chi connectivity index (χ0n) is 8.02. The monoisotopic (exact) mass is 159 g/mol. The van der Waals surface area contributed by atoms with Crippen LogP contribution in [0.15, 0.2) is 0 Å². The van der Waals surface area contributed by atoms with Crippen LogP contribution in [-0.2, 0) is 4.79 Å². The highest BCUT2D eigenvalue weighted by Gasteiger charge is 1.80. The minimum Gasteiger partial charge on any atom is -0.330 e. The van der Waals surface area contributed by atoms with Crippen LogP contribution < -0.4 is 5.73 Å². The van der Waals surface area contributed by atoms with Crippen LogP contribution in [0, 0.1) is 0 Å². The summed E-state index contributed by atoms with van der Waals surface area (Å²) in [7, 11) is 0. The van der Waals surface area contributed by atoms with Gasteiger partial charge in [0.25, 0.3) is 0 Å². The average molecular weight is 159 g/mol. The van der Waals surface area contributed by atoms with Gasteiger partial charge in [0.05, 0.1) is 0 Å². The lowest BCUT2D eigenvalue weighted by Crippen LogP contribution is -1.97. The molecule has 68 valence electrons. The predicted octanol–water partition coefficient (Wildman–Crippen LogP) is 2.12. The van der Waals surface area contributed by atoms with E-state index in [1.165, 1.54) is 39.5 Å². The number of nitrogens with two attached hydrogens (primary N) is 1. The summed E-state index contributed by atoms with van der Waals surface area (Å²) in [6.45, 7) is 6.12. The molecule has 2 N–H and O–H groups in total. The lowest BCUT2D eigenvalue weighted by atomic mass is 10.2. The summed E-state index contributed by atoms with van der Waals surface area (Å²) >= 11 is 0. The van der Waals surface area contributed by atoms with Gasteiger partial charge in [0.2, 0.25) is 0 Å². The fourth-order valence-corrected chi connectivity index (χ4v) is 0.571.